The Morgan fingerprint density at radius 1 is 1.14 bits per heavy atom. The van der Waals surface area contributed by atoms with E-state index in [0.29, 0.717) is 17.9 Å². The van der Waals surface area contributed by atoms with Crippen molar-refractivity contribution in [3.05, 3.63) is 53.3 Å². The Balaban J connectivity index is 2.30. The quantitative estimate of drug-likeness (QED) is 0.856. The molecule has 0 aromatic heterocycles. The van der Waals surface area contributed by atoms with Gasteiger partial charge in [-0.05, 0) is 18.2 Å². The van der Waals surface area contributed by atoms with E-state index in [2.05, 4.69) is 5.32 Å². The second-order valence-corrected chi connectivity index (χ2v) is 4.09. The average molecular weight is 297 g/mol. The number of phenolic OH excluding ortho intramolecular Hbond substituents is 1. The minimum Gasteiger partial charge on any atom is -0.507 e. The Bertz CT molecular complexity index is 681. The standard InChI is InChI=1S/C14H10F3NO3/c1-21-8-2-3-12(19)9(6-8)14(20)18-7-4-10(15)13(17)11(16)5-7/h2-6,19H,1H3,(H,18,20). The molecule has 2 N–H and O–H groups in total. The number of carbonyl (C=O) groups is 1. The van der Waals surface area contributed by atoms with E-state index in [1.165, 1.54) is 25.3 Å². The largest absolute Gasteiger partial charge is 0.507 e. The summed E-state index contributed by atoms with van der Waals surface area (Å²) >= 11 is 0. The van der Waals surface area contributed by atoms with Crippen molar-refractivity contribution in [3.63, 3.8) is 0 Å². The molecule has 0 aliphatic rings. The Morgan fingerprint density at radius 2 is 1.76 bits per heavy atom. The summed E-state index contributed by atoms with van der Waals surface area (Å²) < 4.78 is 43.8. The highest BCUT2D eigenvalue weighted by molar-refractivity contribution is 6.06. The van der Waals surface area contributed by atoms with Crippen molar-refractivity contribution in [3.8, 4) is 11.5 Å². The number of ether oxygens (including phenoxy) is 1. The topological polar surface area (TPSA) is 58.6 Å². The highest BCUT2D eigenvalue weighted by Crippen LogP contribution is 2.24. The Labute approximate surface area is 117 Å². The van der Waals surface area contributed by atoms with E-state index < -0.39 is 23.4 Å². The minimum atomic E-state index is -1.63. The predicted octanol–water partition coefficient (Wildman–Crippen LogP) is 3.07. The van der Waals surface area contributed by atoms with E-state index in [1.807, 2.05) is 0 Å². The van der Waals surface area contributed by atoms with Gasteiger partial charge in [0.2, 0.25) is 0 Å². The summed E-state index contributed by atoms with van der Waals surface area (Å²) in [7, 11) is 1.37. The number of nitrogens with one attached hydrogen (secondary N) is 1. The summed E-state index contributed by atoms with van der Waals surface area (Å²) in [5.74, 6) is -5.33. The molecule has 7 heteroatoms. The summed E-state index contributed by atoms with van der Waals surface area (Å²) in [5, 5.41) is 11.8. The minimum absolute atomic E-state index is 0.153. The van der Waals surface area contributed by atoms with Crippen LogP contribution in [0, 0.1) is 17.5 Å². The van der Waals surface area contributed by atoms with Crippen molar-refractivity contribution in [1.82, 2.24) is 0 Å². The first-order chi connectivity index (χ1) is 9.92. The molecule has 0 saturated heterocycles. The van der Waals surface area contributed by atoms with Crippen LogP contribution < -0.4 is 10.1 Å². The molecule has 2 rings (SSSR count). The third kappa shape index (κ3) is 3.07. The van der Waals surface area contributed by atoms with Gasteiger partial charge in [-0.1, -0.05) is 0 Å². The fourth-order valence-electron chi connectivity index (χ4n) is 1.65. The van der Waals surface area contributed by atoms with Crippen LogP contribution >= 0.6 is 0 Å². The van der Waals surface area contributed by atoms with Gasteiger partial charge in [-0.15, -0.1) is 0 Å². The van der Waals surface area contributed by atoms with E-state index in [9.17, 15) is 23.1 Å². The highest BCUT2D eigenvalue weighted by Gasteiger charge is 2.16. The van der Waals surface area contributed by atoms with E-state index in [-0.39, 0.29) is 17.0 Å². The number of amides is 1. The molecule has 0 aliphatic heterocycles. The number of phenols is 1. The van der Waals surface area contributed by atoms with E-state index in [1.54, 1.807) is 0 Å². The maximum Gasteiger partial charge on any atom is 0.259 e. The van der Waals surface area contributed by atoms with Gasteiger partial charge in [0.25, 0.3) is 5.91 Å². The Hall–Kier alpha value is -2.70. The molecule has 2 aromatic rings. The summed E-state index contributed by atoms with van der Waals surface area (Å²) in [6.07, 6.45) is 0. The fourth-order valence-corrected chi connectivity index (χ4v) is 1.65. The zero-order chi connectivity index (χ0) is 15.6. The van der Waals surface area contributed by atoms with Crippen molar-refractivity contribution in [2.75, 3.05) is 12.4 Å². The van der Waals surface area contributed by atoms with Crippen LogP contribution in [0.3, 0.4) is 0 Å². The van der Waals surface area contributed by atoms with E-state index >= 15 is 0 Å². The van der Waals surface area contributed by atoms with Crippen LogP contribution in [0.15, 0.2) is 30.3 Å². The molecule has 0 heterocycles. The zero-order valence-electron chi connectivity index (χ0n) is 10.8. The van der Waals surface area contributed by atoms with Crippen LogP contribution in [-0.4, -0.2) is 18.1 Å². The predicted molar refractivity (Wildman–Crippen MR) is 68.9 cm³/mol. The van der Waals surface area contributed by atoms with Crippen molar-refractivity contribution < 1.29 is 27.8 Å². The van der Waals surface area contributed by atoms with Gasteiger partial charge >= 0.3 is 0 Å². The number of hydrogen-bond acceptors (Lipinski definition) is 3. The van der Waals surface area contributed by atoms with Gasteiger partial charge in [-0.2, -0.15) is 0 Å². The number of rotatable bonds is 3. The molecule has 21 heavy (non-hydrogen) atoms. The molecule has 0 unspecified atom stereocenters. The summed E-state index contributed by atoms with van der Waals surface area (Å²) in [6.45, 7) is 0. The van der Waals surface area contributed by atoms with Crippen molar-refractivity contribution in [1.29, 1.82) is 0 Å². The lowest BCUT2D eigenvalue weighted by molar-refractivity contribution is 0.102. The van der Waals surface area contributed by atoms with Gasteiger partial charge in [-0.25, -0.2) is 13.2 Å². The first kappa shape index (κ1) is 14.7. The second-order valence-electron chi connectivity index (χ2n) is 4.09. The number of methoxy groups -OCH3 is 1. The van der Waals surface area contributed by atoms with Gasteiger partial charge in [0.05, 0.1) is 12.7 Å². The number of carbonyl (C=O) groups excluding carboxylic acids is 1. The molecule has 4 nitrogen and oxygen atoms in total. The first-order valence-electron chi connectivity index (χ1n) is 5.75. The van der Waals surface area contributed by atoms with Gasteiger partial charge in [-0.3, -0.25) is 4.79 Å². The number of anilines is 1. The van der Waals surface area contributed by atoms with Crippen molar-refractivity contribution in [2.45, 2.75) is 0 Å². The van der Waals surface area contributed by atoms with Crippen LogP contribution in [0.2, 0.25) is 0 Å². The maximum absolute atomic E-state index is 13.1. The smallest absolute Gasteiger partial charge is 0.259 e. The summed E-state index contributed by atoms with van der Waals surface area (Å²) in [6, 6.07) is 5.19. The molecule has 110 valence electrons. The third-order valence-electron chi connectivity index (χ3n) is 2.69. The Kier molecular flexibility index (Phi) is 4.02. The number of benzene rings is 2. The molecule has 2 aromatic carbocycles. The molecular formula is C14H10F3NO3. The number of halogens is 3. The average Bonchev–Trinajstić information content (AvgIpc) is 2.45. The summed E-state index contributed by atoms with van der Waals surface area (Å²) in [4.78, 5) is 11.9. The van der Waals surface area contributed by atoms with Crippen LogP contribution in [0.25, 0.3) is 0 Å². The molecule has 1 amide bonds. The number of hydrogen-bond donors (Lipinski definition) is 2. The lowest BCUT2D eigenvalue weighted by Gasteiger charge is -2.09. The van der Waals surface area contributed by atoms with Crippen molar-refractivity contribution >= 4 is 11.6 Å². The van der Waals surface area contributed by atoms with Crippen LogP contribution in [0.5, 0.6) is 11.5 Å². The second kappa shape index (κ2) is 5.74. The van der Waals surface area contributed by atoms with Crippen LogP contribution in [-0.2, 0) is 0 Å². The van der Waals surface area contributed by atoms with Gasteiger partial charge in [0.15, 0.2) is 17.5 Å². The molecule has 0 aliphatic carbocycles. The first-order valence-corrected chi connectivity index (χ1v) is 5.75. The third-order valence-corrected chi connectivity index (χ3v) is 2.69. The molecule has 0 saturated carbocycles. The molecular weight excluding hydrogens is 287 g/mol. The molecule has 0 atom stereocenters. The summed E-state index contributed by atoms with van der Waals surface area (Å²) in [5.41, 5.74) is -0.432. The molecule has 0 spiro atoms. The lowest BCUT2D eigenvalue weighted by Crippen LogP contribution is -2.13. The highest BCUT2D eigenvalue weighted by atomic mass is 19.2. The fraction of sp³-hybridized carbons (Fsp3) is 0.0714. The molecule has 0 radical (unpaired) electrons. The van der Waals surface area contributed by atoms with Crippen LogP contribution in [0.1, 0.15) is 10.4 Å². The van der Waals surface area contributed by atoms with Gasteiger partial charge in [0, 0.05) is 17.8 Å². The Morgan fingerprint density at radius 3 is 2.33 bits per heavy atom. The normalized spacial score (nSPS) is 10.3. The lowest BCUT2D eigenvalue weighted by atomic mass is 10.1. The zero-order valence-corrected chi connectivity index (χ0v) is 10.8. The SMILES string of the molecule is COc1ccc(O)c(C(=O)Nc2cc(F)c(F)c(F)c2)c1. The van der Waals surface area contributed by atoms with Crippen molar-refractivity contribution in [2.24, 2.45) is 0 Å². The molecule has 0 fully saturated rings. The van der Waals surface area contributed by atoms with E-state index in [4.69, 9.17) is 4.74 Å². The van der Waals surface area contributed by atoms with Crippen LogP contribution in [0.4, 0.5) is 18.9 Å². The van der Waals surface area contributed by atoms with E-state index in [0.717, 1.165) is 0 Å². The van der Waals surface area contributed by atoms with Gasteiger partial charge in [0.1, 0.15) is 11.5 Å². The number of aromatic hydroxyl groups is 1. The maximum atomic E-state index is 13.1. The van der Waals surface area contributed by atoms with Gasteiger partial charge < -0.3 is 15.2 Å². The molecule has 0 bridgehead atoms. The monoisotopic (exact) mass is 297 g/mol.